The highest BCUT2D eigenvalue weighted by molar-refractivity contribution is 9.10. The van der Waals surface area contributed by atoms with Crippen molar-refractivity contribution in [3.8, 4) is 0 Å². The summed E-state index contributed by atoms with van der Waals surface area (Å²) in [6.07, 6.45) is 0. The summed E-state index contributed by atoms with van der Waals surface area (Å²) < 4.78 is 26.5. The highest BCUT2D eigenvalue weighted by Crippen LogP contribution is 2.26. The fraction of sp³-hybridized carbons (Fsp3) is 0.333. The zero-order valence-electron chi connectivity index (χ0n) is 9.51. The molecule has 0 radical (unpaired) electrons. The second-order valence-electron chi connectivity index (χ2n) is 3.37. The molecule has 7 nitrogen and oxygen atoms in total. The number of halogens is 1. The van der Waals surface area contributed by atoms with Crippen molar-refractivity contribution in [1.82, 2.24) is 10.0 Å². The van der Waals surface area contributed by atoms with Gasteiger partial charge in [-0.1, -0.05) is 15.9 Å². The first kappa shape index (κ1) is 15.0. The minimum absolute atomic E-state index is 0.159. The van der Waals surface area contributed by atoms with Crippen LogP contribution in [0.3, 0.4) is 0 Å². The van der Waals surface area contributed by atoms with Gasteiger partial charge in [-0.3, -0.25) is 10.1 Å². The molecule has 2 N–H and O–H groups in total. The molecule has 9 heteroatoms. The Bertz CT molecular complexity index is 547. The Morgan fingerprint density at radius 2 is 2.06 bits per heavy atom. The van der Waals surface area contributed by atoms with Crippen molar-refractivity contribution in [1.29, 1.82) is 0 Å². The second kappa shape index (κ2) is 6.23. The molecule has 0 spiro atoms. The molecule has 1 aromatic rings. The maximum atomic E-state index is 11.9. The predicted octanol–water partition coefficient (Wildman–Crippen LogP) is 0.855. The highest BCUT2D eigenvalue weighted by Gasteiger charge is 2.25. The molecule has 0 aliphatic heterocycles. The Morgan fingerprint density at radius 1 is 1.39 bits per heavy atom. The highest BCUT2D eigenvalue weighted by atomic mass is 79.9. The van der Waals surface area contributed by atoms with Gasteiger partial charge < -0.3 is 5.32 Å². The Balaban J connectivity index is 3.12. The third-order valence-electron chi connectivity index (χ3n) is 2.07. The van der Waals surface area contributed by atoms with Crippen molar-refractivity contribution >= 4 is 31.6 Å². The van der Waals surface area contributed by atoms with E-state index in [0.29, 0.717) is 11.0 Å². The van der Waals surface area contributed by atoms with Crippen LogP contribution in [-0.2, 0) is 10.0 Å². The first-order valence-electron chi connectivity index (χ1n) is 4.96. The van der Waals surface area contributed by atoms with Crippen LogP contribution in [0.4, 0.5) is 5.69 Å². The number of likely N-dealkylation sites (N-methyl/N-ethyl adjacent to an activating group) is 1. The molecule has 0 unspecified atom stereocenters. The van der Waals surface area contributed by atoms with Gasteiger partial charge in [-0.15, -0.1) is 0 Å². The average Bonchev–Trinajstić information content (AvgIpc) is 2.28. The number of nitro groups is 1. The molecule has 1 aromatic carbocycles. The number of hydrogen-bond donors (Lipinski definition) is 2. The van der Waals surface area contributed by atoms with Gasteiger partial charge in [0.2, 0.25) is 10.0 Å². The second-order valence-corrected chi connectivity index (χ2v) is 6.02. The summed E-state index contributed by atoms with van der Waals surface area (Å²) in [4.78, 5) is 9.77. The van der Waals surface area contributed by atoms with E-state index in [2.05, 4.69) is 26.0 Å². The molecule has 0 amide bonds. The third kappa shape index (κ3) is 3.73. The summed E-state index contributed by atoms with van der Waals surface area (Å²) >= 11 is 3.07. The summed E-state index contributed by atoms with van der Waals surface area (Å²) in [7, 11) is -2.20. The van der Waals surface area contributed by atoms with Crippen molar-refractivity contribution < 1.29 is 13.3 Å². The van der Waals surface area contributed by atoms with Crippen molar-refractivity contribution in [3.05, 3.63) is 32.8 Å². The quantitative estimate of drug-likeness (QED) is 0.455. The molecular formula is C9H12BrN3O4S. The van der Waals surface area contributed by atoms with Gasteiger partial charge in [-0.05, 0) is 19.2 Å². The smallest absolute Gasteiger partial charge is 0.290 e. The number of sulfonamides is 1. The van der Waals surface area contributed by atoms with Gasteiger partial charge >= 0.3 is 0 Å². The zero-order chi connectivity index (χ0) is 13.8. The molecule has 1 rings (SSSR count). The van der Waals surface area contributed by atoms with Crippen LogP contribution in [0.25, 0.3) is 0 Å². The van der Waals surface area contributed by atoms with Crippen molar-refractivity contribution in [2.75, 3.05) is 20.1 Å². The maximum Gasteiger partial charge on any atom is 0.290 e. The van der Waals surface area contributed by atoms with E-state index in [4.69, 9.17) is 0 Å². The lowest BCUT2D eigenvalue weighted by Crippen LogP contribution is -2.30. The van der Waals surface area contributed by atoms with E-state index in [1.165, 1.54) is 12.1 Å². The lowest BCUT2D eigenvalue weighted by molar-refractivity contribution is -0.387. The van der Waals surface area contributed by atoms with Gasteiger partial charge in [-0.2, -0.15) is 0 Å². The van der Waals surface area contributed by atoms with E-state index in [9.17, 15) is 18.5 Å². The molecule has 0 fully saturated rings. The summed E-state index contributed by atoms with van der Waals surface area (Å²) in [6, 6.07) is 3.80. The summed E-state index contributed by atoms with van der Waals surface area (Å²) in [6.45, 7) is 0.593. The molecule has 0 atom stereocenters. The topological polar surface area (TPSA) is 101 Å². The molecule has 0 saturated heterocycles. The molecule has 0 aliphatic rings. The van der Waals surface area contributed by atoms with Crippen molar-refractivity contribution in [2.24, 2.45) is 0 Å². The van der Waals surface area contributed by atoms with E-state index in [0.717, 1.165) is 6.07 Å². The van der Waals surface area contributed by atoms with Crippen LogP contribution in [-0.4, -0.2) is 33.5 Å². The summed E-state index contributed by atoms with van der Waals surface area (Å²) in [5.41, 5.74) is -0.457. The summed E-state index contributed by atoms with van der Waals surface area (Å²) in [5.74, 6) is 0. The lowest BCUT2D eigenvalue weighted by atomic mass is 10.3. The van der Waals surface area contributed by atoms with Crippen LogP contribution in [0.1, 0.15) is 0 Å². The van der Waals surface area contributed by atoms with Gasteiger partial charge in [-0.25, -0.2) is 13.1 Å². The van der Waals surface area contributed by atoms with Crippen LogP contribution in [0.5, 0.6) is 0 Å². The Morgan fingerprint density at radius 3 is 2.61 bits per heavy atom. The van der Waals surface area contributed by atoms with Gasteiger partial charge in [0.25, 0.3) is 5.69 Å². The minimum Gasteiger partial charge on any atom is -0.318 e. The lowest BCUT2D eigenvalue weighted by Gasteiger charge is -2.07. The SMILES string of the molecule is CNCCNS(=O)(=O)c1ccc(Br)cc1[N+](=O)[O-]. The van der Waals surface area contributed by atoms with Gasteiger partial charge in [0, 0.05) is 23.6 Å². The Hall–Kier alpha value is -1.03. The number of nitrogens with zero attached hydrogens (tertiary/aromatic N) is 1. The van der Waals surface area contributed by atoms with Crippen LogP contribution in [0.15, 0.2) is 27.6 Å². The van der Waals surface area contributed by atoms with Crippen LogP contribution >= 0.6 is 15.9 Å². The molecule has 0 saturated carbocycles. The number of rotatable bonds is 6. The van der Waals surface area contributed by atoms with Crippen molar-refractivity contribution in [2.45, 2.75) is 4.90 Å². The fourth-order valence-corrected chi connectivity index (χ4v) is 2.78. The molecule has 18 heavy (non-hydrogen) atoms. The van der Waals surface area contributed by atoms with Gasteiger partial charge in [0.15, 0.2) is 4.90 Å². The average molecular weight is 338 g/mol. The van der Waals surface area contributed by atoms with Crippen LogP contribution in [0.2, 0.25) is 0 Å². The molecule has 0 bridgehead atoms. The molecular weight excluding hydrogens is 326 g/mol. The number of nitro benzene ring substituents is 1. The minimum atomic E-state index is -3.88. The van der Waals surface area contributed by atoms with E-state index in [1.807, 2.05) is 0 Å². The van der Waals surface area contributed by atoms with E-state index in [1.54, 1.807) is 7.05 Å². The normalized spacial score (nSPS) is 11.4. The number of nitrogens with one attached hydrogen (secondary N) is 2. The fourth-order valence-electron chi connectivity index (χ4n) is 1.25. The van der Waals surface area contributed by atoms with Crippen LogP contribution < -0.4 is 10.0 Å². The zero-order valence-corrected chi connectivity index (χ0v) is 11.9. The molecule has 0 aliphatic carbocycles. The monoisotopic (exact) mass is 337 g/mol. The van der Waals surface area contributed by atoms with Gasteiger partial charge in [0.05, 0.1) is 4.92 Å². The van der Waals surface area contributed by atoms with Gasteiger partial charge in [0.1, 0.15) is 0 Å². The Kier molecular flexibility index (Phi) is 5.20. The third-order valence-corrected chi connectivity index (χ3v) is 4.08. The van der Waals surface area contributed by atoms with E-state index < -0.39 is 20.6 Å². The first-order chi connectivity index (χ1) is 8.38. The van der Waals surface area contributed by atoms with Crippen molar-refractivity contribution in [3.63, 3.8) is 0 Å². The number of benzene rings is 1. The molecule has 0 aromatic heterocycles. The summed E-state index contributed by atoms with van der Waals surface area (Å²) in [5, 5.41) is 13.6. The molecule has 0 heterocycles. The standard InChI is InChI=1S/C9H12BrN3O4S/c1-11-4-5-12-18(16,17)9-3-2-7(10)6-8(9)13(14)15/h2-3,6,11-12H,4-5H2,1H3. The van der Waals surface area contributed by atoms with Crippen LogP contribution in [0, 0.1) is 10.1 Å². The number of hydrogen-bond acceptors (Lipinski definition) is 5. The first-order valence-corrected chi connectivity index (χ1v) is 7.24. The predicted molar refractivity (Wildman–Crippen MR) is 69.9 cm³/mol. The molecule has 100 valence electrons. The van der Waals surface area contributed by atoms with E-state index >= 15 is 0 Å². The Labute approximate surface area is 113 Å². The largest absolute Gasteiger partial charge is 0.318 e. The maximum absolute atomic E-state index is 11.9. The van der Waals surface area contributed by atoms with E-state index in [-0.39, 0.29) is 11.4 Å².